The summed E-state index contributed by atoms with van der Waals surface area (Å²) in [6.07, 6.45) is 0. The Morgan fingerprint density at radius 3 is 2.46 bits per heavy atom. The van der Waals surface area contributed by atoms with Crippen LogP contribution in [0.5, 0.6) is 0 Å². The molecular formula is C20H15ClFN3S. The van der Waals surface area contributed by atoms with Gasteiger partial charge in [-0.3, -0.25) is 0 Å². The number of para-hydroxylation sites is 1. The number of halogens is 2. The summed E-state index contributed by atoms with van der Waals surface area (Å²) in [5, 5.41) is 4.88. The van der Waals surface area contributed by atoms with E-state index < -0.39 is 0 Å². The van der Waals surface area contributed by atoms with E-state index in [1.807, 2.05) is 38.1 Å². The van der Waals surface area contributed by atoms with E-state index in [0.29, 0.717) is 16.7 Å². The third-order valence-electron chi connectivity index (χ3n) is 4.10. The van der Waals surface area contributed by atoms with E-state index in [2.05, 4.69) is 15.3 Å². The maximum absolute atomic E-state index is 13.4. The van der Waals surface area contributed by atoms with E-state index in [9.17, 15) is 4.39 Å². The van der Waals surface area contributed by atoms with Gasteiger partial charge in [0.05, 0.1) is 16.1 Å². The molecule has 0 atom stereocenters. The molecule has 26 heavy (non-hydrogen) atoms. The van der Waals surface area contributed by atoms with Crippen LogP contribution in [0, 0.1) is 19.7 Å². The molecule has 0 aliphatic rings. The highest BCUT2D eigenvalue weighted by molar-refractivity contribution is 7.19. The quantitative estimate of drug-likeness (QED) is 0.438. The lowest BCUT2D eigenvalue weighted by atomic mass is 10.0. The maximum atomic E-state index is 13.4. The summed E-state index contributed by atoms with van der Waals surface area (Å²) in [7, 11) is 0. The van der Waals surface area contributed by atoms with E-state index in [4.69, 9.17) is 11.6 Å². The van der Waals surface area contributed by atoms with Crippen molar-refractivity contribution >= 4 is 44.7 Å². The number of nitrogens with one attached hydrogen (secondary N) is 1. The second kappa shape index (κ2) is 6.67. The van der Waals surface area contributed by atoms with Crippen molar-refractivity contribution in [2.24, 2.45) is 0 Å². The summed E-state index contributed by atoms with van der Waals surface area (Å²) < 4.78 is 13.4. The monoisotopic (exact) mass is 383 g/mol. The van der Waals surface area contributed by atoms with Crippen LogP contribution >= 0.6 is 22.9 Å². The van der Waals surface area contributed by atoms with E-state index in [1.54, 1.807) is 23.5 Å². The fourth-order valence-corrected chi connectivity index (χ4v) is 4.24. The molecule has 0 unspecified atom stereocenters. The molecule has 0 fully saturated rings. The molecule has 2 heterocycles. The molecule has 0 aliphatic heterocycles. The van der Waals surface area contributed by atoms with Gasteiger partial charge in [-0.15, -0.1) is 11.3 Å². The molecule has 0 bridgehead atoms. The molecular weight excluding hydrogens is 369 g/mol. The Hall–Kier alpha value is -2.50. The number of nitrogens with zero attached hydrogens (tertiary/aromatic N) is 2. The van der Waals surface area contributed by atoms with Gasteiger partial charge in [0.2, 0.25) is 0 Å². The van der Waals surface area contributed by atoms with E-state index in [-0.39, 0.29) is 5.82 Å². The average Bonchev–Trinajstić information content (AvgIpc) is 2.93. The van der Waals surface area contributed by atoms with Gasteiger partial charge in [0, 0.05) is 10.4 Å². The van der Waals surface area contributed by atoms with Gasteiger partial charge < -0.3 is 5.32 Å². The smallest absolute Gasteiger partial charge is 0.143 e. The van der Waals surface area contributed by atoms with Crippen LogP contribution in [0.4, 0.5) is 15.9 Å². The Morgan fingerprint density at radius 2 is 1.73 bits per heavy atom. The van der Waals surface area contributed by atoms with Crippen molar-refractivity contribution in [2.45, 2.75) is 13.8 Å². The Bertz CT molecular complexity index is 1110. The molecule has 0 amide bonds. The van der Waals surface area contributed by atoms with Crippen molar-refractivity contribution in [3.8, 4) is 11.1 Å². The van der Waals surface area contributed by atoms with Crippen molar-refractivity contribution in [3.05, 3.63) is 70.1 Å². The van der Waals surface area contributed by atoms with Gasteiger partial charge in [-0.05, 0) is 43.7 Å². The van der Waals surface area contributed by atoms with Crippen molar-refractivity contribution in [2.75, 3.05) is 5.32 Å². The molecule has 4 rings (SSSR count). The first-order chi connectivity index (χ1) is 12.5. The van der Waals surface area contributed by atoms with Gasteiger partial charge in [0.25, 0.3) is 0 Å². The number of fused-ring (bicyclic) bond motifs is 1. The fourth-order valence-electron chi connectivity index (χ4n) is 2.96. The summed E-state index contributed by atoms with van der Waals surface area (Å²) in [6, 6.07) is 14.0. The zero-order valence-corrected chi connectivity index (χ0v) is 15.7. The molecule has 0 spiro atoms. The molecule has 4 aromatic rings. The standard InChI is InChI=1S/C20H15ClFN3S/c1-11-17(13-7-9-14(22)10-8-13)18-19(23-12(2)24-20(18)26-11)25-16-6-4-3-5-15(16)21/h3-10H,1-2H3,(H,23,24,25). The van der Waals surface area contributed by atoms with Gasteiger partial charge in [-0.2, -0.15) is 0 Å². The summed E-state index contributed by atoms with van der Waals surface area (Å²) in [4.78, 5) is 11.2. The molecule has 130 valence electrons. The first-order valence-corrected chi connectivity index (χ1v) is 9.27. The molecule has 2 aromatic heterocycles. The molecule has 2 aromatic carbocycles. The Labute approximate surface area is 159 Å². The predicted octanol–water partition coefficient (Wildman–Crippen LogP) is 6.51. The van der Waals surface area contributed by atoms with Crippen LogP contribution in [0.2, 0.25) is 5.02 Å². The zero-order valence-electron chi connectivity index (χ0n) is 14.2. The van der Waals surface area contributed by atoms with Gasteiger partial charge in [0.15, 0.2) is 0 Å². The number of hydrogen-bond acceptors (Lipinski definition) is 4. The summed E-state index contributed by atoms with van der Waals surface area (Å²) >= 11 is 7.90. The third-order valence-corrected chi connectivity index (χ3v) is 5.43. The van der Waals surface area contributed by atoms with E-state index >= 15 is 0 Å². The Kier molecular flexibility index (Phi) is 4.34. The molecule has 0 saturated carbocycles. The summed E-state index contributed by atoms with van der Waals surface area (Å²) in [6.45, 7) is 3.91. The Balaban J connectivity index is 1.95. The number of benzene rings is 2. The number of anilines is 2. The van der Waals surface area contributed by atoms with Gasteiger partial charge in [0.1, 0.15) is 22.3 Å². The first-order valence-electron chi connectivity index (χ1n) is 8.08. The third kappa shape index (κ3) is 3.04. The number of hydrogen-bond donors (Lipinski definition) is 1. The van der Waals surface area contributed by atoms with Crippen molar-refractivity contribution in [3.63, 3.8) is 0 Å². The largest absolute Gasteiger partial charge is 0.338 e. The second-order valence-corrected chi connectivity index (χ2v) is 7.55. The van der Waals surface area contributed by atoms with Crippen molar-refractivity contribution < 1.29 is 4.39 Å². The Morgan fingerprint density at radius 1 is 1.00 bits per heavy atom. The summed E-state index contributed by atoms with van der Waals surface area (Å²) in [5.41, 5.74) is 2.73. The minimum absolute atomic E-state index is 0.257. The van der Waals surface area contributed by atoms with Crippen LogP contribution in [-0.2, 0) is 0 Å². The molecule has 0 aliphatic carbocycles. The first kappa shape index (κ1) is 16.9. The van der Waals surface area contributed by atoms with Crippen LogP contribution in [-0.4, -0.2) is 9.97 Å². The number of thiophene rings is 1. The number of rotatable bonds is 3. The van der Waals surface area contributed by atoms with Crippen LogP contribution in [0.3, 0.4) is 0 Å². The number of aryl methyl sites for hydroxylation is 2. The van der Waals surface area contributed by atoms with E-state index in [0.717, 1.165) is 31.9 Å². The molecule has 6 heteroatoms. The highest BCUT2D eigenvalue weighted by atomic mass is 35.5. The highest BCUT2D eigenvalue weighted by Gasteiger charge is 2.18. The van der Waals surface area contributed by atoms with Crippen LogP contribution in [0.15, 0.2) is 48.5 Å². The molecule has 1 N–H and O–H groups in total. The second-order valence-electron chi connectivity index (χ2n) is 5.94. The fraction of sp³-hybridized carbons (Fsp3) is 0.100. The van der Waals surface area contributed by atoms with Crippen LogP contribution in [0.25, 0.3) is 21.3 Å². The van der Waals surface area contributed by atoms with E-state index in [1.165, 1.54) is 12.1 Å². The lowest BCUT2D eigenvalue weighted by Crippen LogP contribution is -1.99. The topological polar surface area (TPSA) is 37.8 Å². The van der Waals surface area contributed by atoms with Gasteiger partial charge >= 0.3 is 0 Å². The predicted molar refractivity (Wildman–Crippen MR) is 107 cm³/mol. The van der Waals surface area contributed by atoms with Crippen molar-refractivity contribution in [1.29, 1.82) is 0 Å². The average molecular weight is 384 g/mol. The lowest BCUT2D eigenvalue weighted by Gasteiger charge is -2.11. The normalized spacial score (nSPS) is 11.1. The minimum atomic E-state index is -0.257. The SMILES string of the molecule is Cc1nc(Nc2ccccc2Cl)c2c(-c3ccc(F)cc3)c(C)sc2n1. The van der Waals surface area contributed by atoms with Gasteiger partial charge in [-0.1, -0.05) is 35.9 Å². The molecule has 3 nitrogen and oxygen atoms in total. The van der Waals surface area contributed by atoms with Crippen LogP contribution < -0.4 is 5.32 Å². The molecule has 0 radical (unpaired) electrons. The highest BCUT2D eigenvalue weighted by Crippen LogP contribution is 2.41. The maximum Gasteiger partial charge on any atom is 0.143 e. The lowest BCUT2D eigenvalue weighted by molar-refractivity contribution is 0.628. The number of aromatic nitrogens is 2. The van der Waals surface area contributed by atoms with Gasteiger partial charge in [-0.25, -0.2) is 14.4 Å². The zero-order chi connectivity index (χ0) is 18.3. The minimum Gasteiger partial charge on any atom is -0.338 e. The van der Waals surface area contributed by atoms with Crippen molar-refractivity contribution in [1.82, 2.24) is 9.97 Å². The summed E-state index contributed by atoms with van der Waals surface area (Å²) in [5.74, 6) is 1.12. The van der Waals surface area contributed by atoms with Crippen LogP contribution in [0.1, 0.15) is 10.7 Å². The molecule has 0 saturated heterocycles.